The summed E-state index contributed by atoms with van der Waals surface area (Å²) in [5, 5.41) is 9.46. The van der Waals surface area contributed by atoms with Crippen LogP contribution in [0.2, 0.25) is 0 Å². The Morgan fingerprint density at radius 2 is 1.47 bits per heavy atom. The molecule has 0 aliphatic carbocycles. The summed E-state index contributed by atoms with van der Waals surface area (Å²) in [5.41, 5.74) is 2.60. The van der Waals surface area contributed by atoms with E-state index in [0.29, 0.717) is 6.04 Å². The zero-order chi connectivity index (χ0) is 13.1. The van der Waals surface area contributed by atoms with Gasteiger partial charge in [-0.1, -0.05) is 60.7 Å². The van der Waals surface area contributed by atoms with Gasteiger partial charge >= 0.3 is 0 Å². The molecule has 0 aromatic heterocycles. The zero-order valence-electron chi connectivity index (χ0n) is 10.9. The fourth-order valence-electron chi connectivity index (χ4n) is 2.84. The van der Waals surface area contributed by atoms with E-state index in [2.05, 4.69) is 53.4 Å². The second-order valence-electron chi connectivity index (χ2n) is 5.09. The van der Waals surface area contributed by atoms with Crippen molar-refractivity contribution in [2.24, 2.45) is 0 Å². The van der Waals surface area contributed by atoms with Crippen LogP contribution in [0.5, 0.6) is 0 Å². The quantitative estimate of drug-likeness (QED) is 0.905. The maximum atomic E-state index is 9.46. The number of aliphatic hydroxyl groups excluding tert-OH is 1. The van der Waals surface area contributed by atoms with Crippen LogP contribution in [0.1, 0.15) is 23.6 Å². The van der Waals surface area contributed by atoms with Gasteiger partial charge in [0.15, 0.2) is 0 Å². The summed E-state index contributed by atoms with van der Waals surface area (Å²) in [6.07, 6.45) is 1.09. The van der Waals surface area contributed by atoms with Crippen LogP contribution in [0.25, 0.3) is 0 Å². The number of benzene rings is 2. The van der Waals surface area contributed by atoms with Crippen LogP contribution >= 0.6 is 0 Å². The third-order valence-corrected chi connectivity index (χ3v) is 3.96. The predicted molar refractivity (Wildman–Crippen MR) is 76.9 cm³/mol. The Kier molecular flexibility index (Phi) is 3.62. The van der Waals surface area contributed by atoms with E-state index in [1.54, 1.807) is 0 Å². The summed E-state index contributed by atoms with van der Waals surface area (Å²) in [6, 6.07) is 21.7. The first-order valence-electron chi connectivity index (χ1n) is 6.86. The van der Waals surface area contributed by atoms with E-state index in [1.165, 1.54) is 11.1 Å². The van der Waals surface area contributed by atoms with Crippen LogP contribution in [-0.2, 0) is 0 Å². The summed E-state index contributed by atoms with van der Waals surface area (Å²) < 4.78 is 0. The van der Waals surface area contributed by atoms with E-state index in [4.69, 9.17) is 0 Å². The van der Waals surface area contributed by atoms with Gasteiger partial charge in [-0.3, -0.25) is 4.90 Å². The van der Waals surface area contributed by atoms with Crippen molar-refractivity contribution < 1.29 is 5.11 Å². The lowest BCUT2D eigenvalue weighted by Gasteiger charge is -2.45. The number of aliphatic hydroxyl groups is 1. The van der Waals surface area contributed by atoms with Gasteiger partial charge in [0.1, 0.15) is 0 Å². The Morgan fingerprint density at radius 3 is 1.84 bits per heavy atom. The molecule has 2 heteroatoms. The Labute approximate surface area is 114 Å². The Balaban J connectivity index is 1.97. The molecule has 1 atom stereocenters. The smallest absolute Gasteiger partial charge is 0.0605 e. The highest BCUT2D eigenvalue weighted by Gasteiger charge is 2.34. The first kappa shape index (κ1) is 12.4. The van der Waals surface area contributed by atoms with Crippen LogP contribution in [0.15, 0.2) is 60.7 Å². The molecular formula is C17H19NO. The van der Waals surface area contributed by atoms with E-state index >= 15 is 0 Å². The predicted octanol–water partition coefficient (Wildman–Crippen LogP) is 2.84. The van der Waals surface area contributed by atoms with Gasteiger partial charge in [-0.2, -0.15) is 0 Å². The molecule has 1 aliphatic heterocycles. The summed E-state index contributed by atoms with van der Waals surface area (Å²) in [6.45, 7) is 1.30. The highest BCUT2D eigenvalue weighted by atomic mass is 16.3. The van der Waals surface area contributed by atoms with Crippen molar-refractivity contribution in [2.75, 3.05) is 13.2 Å². The Hall–Kier alpha value is -1.64. The van der Waals surface area contributed by atoms with Crippen molar-refractivity contribution in [1.29, 1.82) is 0 Å². The standard InChI is InChI=1S/C17H19NO/c19-13-16-11-12-18(16)17(14-7-3-1-4-8-14)15-9-5-2-6-10-15/h1-10,16-17,19H,11-13H2/t16-/m1/s1. The largest absolute Gasteiger partial charge is 0.395 e. The molecule has 2 nitrogen and oxygen atoms in total. The number of hydrogen-bond donors (Lipinski definition) is 1. The minimum Gasteiger partial charge on any atom is -0.395 e. The summed E-state index contributed by atoms with van der Waals surface area (Å²) >= 11 is 0. The van der Waals surface area contributed by atoms with Crippen LogP contribution in [0.3, 0.4) is 0 Å². The number of rotatable bonds is 4. The second kappa shape index (κ2) is 5.55. The lowest BCUT2D eigenvalue weighted by atomic mass is 9.91. The van der Waals surface area contributed by atoms with Crippen LogP contribution in [0.4, 0.5) is 0 Å². The Morgan fingerprint density at radius 1 is 0.947 bits per heavy atom. The van der Waals surface area contributed by atoms with Gasteiger partial charge in [0.2, 0.25) is 0 Å². The molecule has 2 aromatic carbocycles. The molecule has 98 valence electrons. The summed E-state index contributed by atoms with van der Waals surface area (Å²) in [4.78, 5) is 2.39. The maximum Gasteiger partial charge on any atom is 0.0605 e. The molecule has 1 saturated heterocycles. The van der Waals surface area contributed by atoms with E-state index in [-0.39, 0.29) is 12.6 Å². The molecule has 2 aromatic rings. The average Bonchev–Trinajstić information content (AvgIpc) is 2.46. The van der Waals surface area contributed by atoms with Gasteiger partial charge in [0.25, 0.3) is 0 Å². The molecule has 0 unspecified atom stereocenters. The van der Waals surface area contributed by atoms with Crippen molar-refractivity contribution in [3.63, 3.8) is 0 Å². The van der Waals surface area contributed by atoms with Crippen LogP contribution in [0, 0.1) is 0 Å². The first-order valence-corrected chi connectivity index (χ1v) is 6.86. The van der Waals surface area contributed by atoms with Gasteiger partial charge in [-0.15, -0.1) is 0 Å². The molecule has 1 heterocycles. The highest BCUT2D eigenvalue weighted by Crippen LogP contribution is 2.35. The van der Waals surface area contributed by atoms with E-state index in [9.17, 15) is 5.11 Å². The van der Waals surface area contributed by atoms with Gasteiger partial charge < -0.3 is 5.11 Å². The van der Waals surface area contributed by atoms with E-state index < -0.39 is 0 Å². The minimum atomic E-state index is 0.246. The molecule has 1 aliphatic rings. The first-order chi connectivity index (χ1) is 9.40. The van der Waals surface area contributed by atoms with E-state index in [0.717, 1.165) is 13.0 Å². The molecule has 0 amide bonds. The molecule has 1 fully saturated rings. The SMILES string of the molecule is OC[C@H]1CCN1C(c1ccccc1)c1ccccc1. The van der Waals surface area contributed by atoms with Crippen molar-refractivity contribution >= 4 is 0 Å². The Bertz CT molecular complexity index is 470. The molecule has 0 saturated carbocycles. The average molecular weight is 253 g/mol. The lowest BCUT2D eigenvalue weighted by Crippen LogP contribution is -2.51. The van der Waals surface area contributed by atoms with Crippen molar-refractivity contribution in [2.45, 2.75) is 18.5 Å². The normalized spacial score (nSPS) is 19.4. The van der Waals surface area contributed by atoms with Crippen LogP contribution < -0.4 is 0 Å². The fourth-order valence-corrected chi connectivity index (χ4v) is 2.84. The van der Waals surface area contributed by atoms with Gasteiger partial charge in [0.05, 0.1) is 12.6 Å². The van der Waals surface area contributed by atoms with Gasteiger partial charge in [0, 0.05) is 12.6 Å². The monoisotopic (exact) mass is 253 g/mol. The fraction of sp³-hybridized carbons (Fsp3) is 0.294. The third-order valence-electron chi connectivity index (χ3n) is 3.96. The van der Waals surface area contributed by atoms with Gasteiger partial charge in [-0.05, 0) is 17.5 Å². The molecule has 1 N–H and O–H groups in total. The lowest BCUT2D eigenvalue weighted by molar-refractivity contribution is 0.0174. The van der Waals surface area contributed by atoms with E-state index in [1.807, 2.05) is 12.1 Å². The molecule has 0 bridgehead atoms. The topological polar surface area (TPSA) is 23.5 Å². The number of likely N-dealkylation sites (tertiary alicyclic amines) is 1. The molecule has 19 heavy (non-hydrogen) atoms. The van der Waals surface area contributed by atoms with Crippen molar-refractivity contribution in [3.05, 3.63) is 71.8 Å². The molecule has 3 rings (SSSR count). The van der Waals surface area contributed by atoms with Crippen molar-refractivity contribution in [3.8, 4) is 0 Å². The maximum absolute atomic E-state index is 9.46. The molecular weight excluding hydrogens is 234 g/mol. The summed E-state index contributed by atoms with van der Waals surface area (Å²) in [7, 11) is 0. The van der Waals surface area contributed by atoms with Crippen molar-refractivity contribution in [1.82, 2.24) is 4.90 Å². The second-order valence-corrected chi connectivity index (χ2v) is 5.09. The van der Waals surface area contributed by atoms with Gasteiger partial charge in [-0.25, -0.2) is 0 Å². The number of nitrogens with zero attached hydrogens (tertiary/aromatic N) is 1. The molecule has 0 radical (unpaired) electrons. The van der Waals surface area contributed by atoms with Crippen LogP contribution in [-0.4, -0.2) is 29.2 Å². The zero-order valence-corrected chi connectivity index (χ0v) is 10.9. The third kappa shape index (κ3) is 2.42. The minimum absolute atomic E-state index is 0.246. The highest BCUT2D eigenvalue weighted by molar-refractivity contribution is 5.32. The number of hydrogen-bond acceptors (Lipinski definition) is 2. The molecule has 0 spiro atoms. The summed E-state index contributed by atoms with van der Waals surface area (Å²) in [5.74, 6) is 0.